The third-order valence-electron chi connectivity index (χ3n) is 13.2. The first-order chi connectivity index (χ1) is 33.9. The fourth-order valence-corrected chi connectivity index (χ4v) is 9.86. The van der Waals surface area contributed by atoms with Crippen LogP contribution in [0.15, 0.2) is 144 Å². The molecule has 6 nitrogen and oxygen atoms in total. The van der Waals surface area contributed by atoms with Crippen LogP contribution in [0.1, 0.15) is 78.5 Å². The number of nitrogens with one attached hydrogen (secondary N) is 2. The fraction of sp³-hybridized carbons (Fsp3) is 0.0984. The number of aliphatic imine (C=N–C) groups is 1. The van der Waals surface area contributed by atoms with Crippen molar-refractivity contribution in [3.8, 4) is 45.2 Å². The minimum Gasteiger partial charge on any atom is -0.354 e. The van der Waals surface area contributed by atoms with E-state index in [4.69, 9.17) is 9.97 Å². The highest BCUT2D eigenvalue weighted by atomic mass is 19.2. The van der Waals surface area contributed by atoms with Gasteiger partial charge in [0, 0.05) is 62.5 Å². The molecule has 8 aromatic rings. The summed E-state index contributed by atoms with van der Waals surface area (Å²) in [5.41, 5.74) is 22.2. The van der Waals surface area contributed by atoms with Crippen LogP contribution in [0.3, 0.4) is 0 Å². The zero-order valence-corrected chi connectivity index (χ0v) is 39.7. The van der Waals surface area contributed by atoms with Gasteiger partial charge in [-0.05, 0) is 142 Å². The summed E-state index contributed by atoms with van der Waals surface area (Å²) >= 11 is 0. The van der Waals surface area contributed by atoms with E-state index in [0.29, 0.717) is 39.3 Å². The van der Waals surface area contributed by atoms with E-state index in [2.05, 4.69) is 163 Å². The molecule has 8 bridgehead atoms. The minimum atomic E-state index is -2.84. The second-order valence-corrected chi connectivity index (χ2v) is 18.3. The summed E-state index contributed by atoms with van der Waals surface area (Å²) < 4.78 is 31.5. The number of hydrogen-bond donors (Lipinski definition) is 2. The molecule has 4 aromatic carbocycles. The van der Waals surface area contributed by atoms with E-state index < -0.39 is 7.40 Å². The molecule has 338 valence electrons. The van der Waals surface area contributed by atoms with Crippen molar-refractivity contribution in [1.82, 2.24) is 24.4 Å². The lowest BCUT2D eigenvalue weighted by atomic mass is 9.90. The monoisotopic (exact) mass is 912 g/mol. The van der Waals surface area contributed by atoms with Gasteiger partial charge < -0.3 is 14.4 Å². The Morgan fingerprint density at radius 3 is 1.44 bits per heavy atom. The molecule has 0 amide bonds. The van der Waals surface area contributed by atoms with Gasteiger partial charge in [-0.25, -0.2) is 9.97 Å². The van der Waals surface area contributed by atoms with Gasteiger partial charge in [-0.1, -0.05) is 119 Å². The largest absolute Gasteiger partial charge is 0.677 e. The Morgan fingerprint density at radius 1 is 0.514 bits per heavy atom. The second kappa shape index (κ2) is 17.8. The summed E-state index contributed by atoms with van der Waals surface area (Å²) in [6.45, 7) is 12.3. The molecule has 0 atom stereocenters. The molecule has 0 aliphatic carbocycles. The van der Waals surface area contributed by atoms with Gasteiger partial charge in [-0.3, -0.25) is 13.6 Å². The number of halogens is 2. The third kappa shape index (κ3) is 8.18. The van der Waals surface area contributed by atoms with Crippen LogP contribution < -0.4 is 0 Å². The maximum atomic E-state index is 15.3. The lowest BCUT2D eigenvalue weighted by Gasteiger charge is -2.18. The smallest absolute Gasteiger partial charge is 0.354 e. The molecule has 0 saturated carbocycles. The van der Waals surface area contributed by atoms with Gasteiger partial charge in [0.25, 0.3) is 0 Å². The number of aryl methyl sites for hydroxylation is 6. The summed E-state index contributed by atoms with van der Waals surface area (Å²) in [5.74, 6) is 6.78. The van der Waals surface area contributed by atoms with Crippen molar-refractivity contribution < 1.29 is 8.63 Å². The minimum absolute atomic E-state index is 0.330. The number of benzene rings is 4. The fourth-order valence-electron chi connectivity index (χ4n) is 9.86. The van der Waals surface area contributed by atoms with Crippen LogP contribution in [-0.2, 0) is 0 Å². The lowest BCUT2D eigenvalue weighted by molar-refractivity contribution is 0.628. The van der Waals surface area contributed by atoms with Gasteiger partial charge in [0.1, 0.15) is 0 Å². The van der Waals surface area contributed by atoms with E-state index in [9.17, 15) is 0 Å². The number of aromatic amines is 2. The molecule has 0 radical (unpaired) electrons. The van der Waals surface area contributed by atoms with E-state index in [1.54, 1.807) is 12.3 Å². The predicted octanol–water partition coefficient (Wildman–Crippen LogP) is 14.9. The number of rotatable bonds is 6. The van der Waals surface area contributed by atoms with Crippen LogP contribution in [0.4, 0.5) is 8.63 Å². The molecule has 0 unspecified atom stereocenters. The Labute approximate surface area is 406 Å². The average Bonchev–Trinajstić information content (AvgIpc) is 4.21. The van der Waals surface area contributed by atoms with Gasteiger partial charge >= 0.3 is 7.40 Å². The van der Waals surface area contributed by atoms with Crippen LogP contribution in [0, 0.1) is 53.4 Å². The van der Waals surface area contributed by atoms with Crippen molar-refractivity contribution in [3.63, 3.8) is 0 Å². The van der Waals surface area contributed by atoms with Crippen molar-refractivity contribution in [2.75, 3.05) is 0 Å². The van der Waals surface area contributed by atoms with Gasteiger partial charge in [-0.2, -0.15) is 0 Å². The third-order valence-corrected chi connectivity index (χ3v) is 13.2. The van der Waals surface area contributed by atoms with Crippen LogP contribution in [0.2, 0.25) is 0 Å². The second-order valence-electron chi connectivity index (χ2n) is 18.3. The summed E-state index contributed by atoms with van der Waals surface area (Å²) in [6, 6.07) is 39.7. The molecule has 70 heavy (non-hydrogen) atoms. The van der Waals surface area contributed by atoms with Crippen LogP contribution in [-0.4, -0.2) is 38.0 Å². The molecule has 3 aliphatic rings. The Bertz CT molecular complexity index is 3760. The number of allylic oxidation sites excluding steroid dienone is 2. The molecule has 11 rings (SSSR count). The van der Waals surface area contributed by atoms with Crippen molar-refractivity contribution >= 4 is 65.6 Å². The average molecular weight is 913 g/mol. The summed E-state index contributed by atoms with van der Waals surface area (Å²) in [5, 5.41) is 0. The zero-order chi connectivity index (χ0) is 48.2. The first-order valence-electron chi connectivity index (χ1n) is 23.4. The summed E-state index contributed by atoms with van der Waals surface area (Å²) in [6.07, 6.45) is 15.0. The SMILES string of the molecule is Cc1ccc(-c2c3nc(c(-c4ccc(C)cc4)c4ccc([nH]4)c(-c4ccc(C)cc4)c4nc(c(C#Cc5cc(/C(=C6/C=CC=N6)c6c(C)cc(C)cc6C)n(B(F)F)c5)c5ccc2[nH]5)C=C4)C=C3)cc1. The van der Waals surface area contributed by atoms with E-state index >= 15 is 8.63 Å². The molecule has 0 spiro atoms. The zero-order valence-electron chi connectivity index (χ0n) is 39.7. The van der Waals surface area contributed by atoms with Crippen LogP contribution in [0.5, 0.6) is 0 Å². The van der Waals surface area contributed by atoms with Crippen molar-refractivity contribution in [2.24, 2.45) is 4.99 Å². The van der Waals surface area contributed by atoms with Gasteiger partial charge in [0.05, 0.1) is 39.6 Å². The summed E-state index contributed by atoms with van der Waals surface area (Å²) in [4.78, 5) is 23.0. The number of nitrogens with zero attached hydrogens (tertiary/aromatic N) is 4. The molecule has 3 aliphatic heterocycles. The molecular weight excluding hydrogens is 866 g/mol. The van der Waals surface area contributed by atoms with Crippen molar-refractivity contribution in [1.29, 1.82) is 0 Å². The highest BCUT2D eigenvalue weighted by Gasteiger charge is 2.27. The molecule has 2 N–H and O–H groups in total. The van der Waals surface area contributed by atoms with Crippen LogP contribution in [0.25, 0.3) is 85.3 Å². The Kier molecular flexibility index (Phi) is 11.2. The maximum Gasteiger partial charge on any atom is 0.677 e. The van der Waals surface area contributed by atoms with E-state index in [1.807, 2.05) is 51.1 Å². The van der Waals surface area contributed by atoms with Gasteiger partial charge in [-0.15, -0.1) is 0 Å². The first kappa shape index (κ1) is 43.9. The molecule has 7 heterocycles. The first-order valence-corrected chi connectivity index (χ1v) is 23.4. The van der Waals surface area contributed by atoms with Gasteiger partial charge in [0.15, 0.2) is 0 Å². The number of aromatic nitrogens is 5. The van der Waals surface area contributed by atoms with E-state index in [1.165, 1.54) is 11.8 Å². The Morgan fingerprint density at radius 2 is 0.971 bits per heavy atom. The number of hydrogen-bond acceptors (Lipinski definition) is 3. The van der Waals surface area contributed by atoms with E-state index in [0.717, 1.165) is 105 Å². The van der Waals surface area contributed by atoms with Crippen molar-refractivity contribution in [3.05, 3.63) is 218 Å². The number of H-pyrrole nitrogens is 2. The molecule has 0 fully saturated rings. The predicted molar refractivity (Wildman–Crippen MR) is 287 cm³/mol. The quantitative estimate of drug-likeness (QED) is 0.129. The molecule has 4 aromatic heterocycles. The Hall–Kier alpha value is -8.61. The Balaban J connectivity index is 1.20. The molecule has 9 heteroatoms. The summed E-state index contributed by atoms with van der Waals surface area (Å²) in [7, 11) is -2.84. The lowest BCUT2D eigenvalue weighted by Crippen LogP contribution is -2.15. The van der Waals surface area contributed by atoms with Crippen molar-refractivity contribution in [2.45, 2.75) is 41.5 Å². The normalized spacial score (nSPS) is 13.3. The van der Waals surface area contributed by atoms with Crippen LogP contribution >= 0.6 is 0 Å². The topological polar surface area (TPSA) is 74.7 Å². The van der Waals surface area contributed by atoms with Gasteiger partial charge in [0.2, 0.25) is 0 Å². The highest BCUT2D eigenvalue weighted by molar-refractivity contribution is 6.41. The van der Waals surface area contributed by atoms with E-state index in [-0.39, 0.29) is 0 Å². The molecule has 0 saturated heterocycles. The maximum absolute atomic E-state index is 15.3. The number of fused-ring (bicyclic) bond motifs is 8. The highest BCUT2D eigenvalue weighted by Crippen LogP contribution is 2.39. The molecular formula is C61H47BF2N6. The standard InChI is InChI=1S/C61H47BF2N6/c1-36-9-16-43(17-10-36)58-50-25-23-47(66-50)46(22-15-42-34-56(70(35-42)62(63)64)61(49-8-7-31-65-49)57-40(5)32-39(4)33-41(57)6)48-24-26-51(67-48)59(44-18-11-37(2)12-19-44)53-28-30-55(69-53)60(54-29-27-52(58)68-54)45-20-13-38(3)14-21-45/h7-14,16-21,23-35,66,69H,1-6H3/b47-46?,48-46?,58-50?,58-52?,59-51?,59-53?,60-54?,60-55?,61-49+.